The van der Waals surface area contributed by atoms with Gasteiger partial charge in [-0.2, -0.15) is 0 Å². The molecule has 10 heteroatoms. The predicted octanol–water partition coefficient (Wildman–Crippen LogP) is 4.71. The van der Waals surface area contributed by atoms with Gasteiger partial charge in [0.15, 0.2) is 17.3 Å². The molecule has 0 unspecified atom stereocenters. The molecule has 0 spiro atoms. The van der Waals surface area contributed by atoms with Crippen molar-refractivity contribution in [1.29, 1.82) is 0 Å². The molecular formula is C11H4Br2F2N2O3S. The van der Waals surface area contributed by atoms with Crippen LogP contribution in [0.1, 0.15) is 9.67 Å². The SMILES string of the molecule is O=C(Nc1c([N+](=O)[O-])ccc(F)c1F)c1cc(Br)c(Br)s1. The van der Waals surface area contributed by atoms with Crippen molar-refractivity contribution in [1.82, 2.24) is 0 Å². The maximum absolute atomic E-state index is 13.7. The summed E-state index contributed by atoms with van der Waals surface area (Å²) in [5.74, 6) is -3.55. The van der Waals surface area contributed by atoms with Crippen molar-refractivity contribution in [2.75, 3.05) is 5.32 Å². The number of nitro groups is 1. The Balaban J connectivity index is 2.41. The normalized spacial score (nSPS) is 10.5. The average molecular weight is 442 g/mol. The number of carbonyl (C=O) groups is 1. The van der Waals surface area contributed by atoms with Crippen LogP contribution in [0.5, 0.6) is 0 Å². The number of halogens is 4. The summed E-state index contributed by atoms with van der Waals surface area (Å²) in [4.78, 5) is 22.0. The van der Waals surface area contributed by atoms with Crippen molar-refractivity contribution in [2.45, 2.75) is 0 Å². The average Bonchev–Trinajstić information content (AvgIpc) is 2.75. The van der Waals surface area contributed by atoms with Gasteiger partial charge >= 0.3 is 0 Å². The third-order valence-electron chi connectivity index (χ3n) is 2.38. The number of hydrogen-bond acceptors (Lipinski definition) is 4. The standard InChI is InChI=1S/C11H4Br2F2N2O3S/c12-4-3-7(21-10(4)13)11(18)16-9-6(17(19)20)2-1-5(14)8(9)15/h1-3H,(H,16,18). The number of anilines is 1. The minimum absolute atomic E-state index is 0.173. The van der Waals surface area contributed by atoms with Crippen LogP contribution in [-0.4, -0.2) is 10.8 Å². The Morgan fingerprint density at radius 2 is 2.00 bits per heavy atom. The summed E-state index contributed by atoms with van der Waals surface area (Å²) < 4.78 is 28.1. The Hall–Kier alpha value is -1.39. The molecule has 2 rings (SSSR count). The van der Waals surface area contributed by atoms with Gasteiger partial charge in [-0.3, -0.25) is 14.9 Å². The minimum Gasteiger partial charge on any atom is -0.313 e. The van der Waals surface area contributed by atoms with Crippen molar-refractivity contribution >= 4 is 60.5 Å². The molecule has 0 fully saturated rings. The Bertz CT molecular complexity index is 732. The maximum Gasteiger partial charge on any atom is 0.296 e. The van der Waals surface area contributed by atoms with Crippen LogP contribution < -0.4 is 5.32 Å². The van der Waals surface area contributed by atoms with Gasteiger partial charge in [0, 0.05) is 10.5 Å². The van der Waals surface area contributed by atoms with Crippen LogP contribution in [0.2, 0.25) is 0 Å². The molecule has 0 aliphatic carbocycles. The fraction of sp³-hybridized carbons (Fsp3) is 0. The molecule has 5 nitrogen and oxygen atoms in total. The van der Waals surface area contributed by atoms with Crippen LogP contribution in [0.15, 0.2) is 26.5 Å². The molecule has 0 atom stereocenters. The number of nitrogens with zero attached hydrogens (tertiary/aromatic N) is 1. The molecule has 1 N–H and O–H groups in total. The molecule has 0 aliphatic rings. The van der Waals surface area contributed by atoms with E-state index in [-0.39, 0.29) is 4.88 Å². The molecule has 1 amide bonds. The van der Waals surface area contributed by atoms with Crippen molar-refractivity contribution in [3.63, 3.8) is 0 Å². The van der Waals surface area contributed by atoms with Crippen LogP contribution in [0, 0.1) is 21.7 Å². The van der Waals surface area contributed by atoms with Gasteiger partial charge in [-0.05, 0) is 44.0 Å². The molecule has 110 valence electrons. The van der Waals surface area contributed by atoms with Crippen LogP contribution in [-0.2, 0) is 0 Å². The summed E-state index contributed by atoms with van der Waals surface area (Å²) in [6.07, 6.45) is 0. The first-order valence-electron chi connectivity index (χ1n) is 5.20. The highest BCUT2D eigenvalue weighted by Gasteiger charge is 2.24. The molecule has 1 aromatic carbocycles. The molecule has 1 aromatic heterocycles. The molecule has 2 aromatic rings. The predicted molar refractivity (Wildman–Crippen MR) is 80.7 cm³/mol. The highest BCUT2D eigenvalue weighted by atomic mass is 79.9. The fourth-order valence-corrected chi connectivity index (χ4v) is 3.38. The Kier molecular flexibility index (Phi) is 4.69. The summed E-state index contributed by atoms with van der Waals surface area (Å²) in [7, 11) is 0. The van der Waals surface area contributed by atoms with E-state index >= 15 is 0 Å². The van der Waals surface area contributed by atoms with E-state index in [0.29, 0.717) is 14.3 Å². The molecule has 1 heterocycles. The third kappa shape index (κ3) is 3.27. The lowest BCUT2D eigenvalue weighted by Crippen LogP contribution is -2.13. The zero-order valence-electron chi connectivity index (χ0n) is 9.82. The molecule has 0 bridgehead atoms. The second-order valence-electron chi connectivity index (χ2n) is 3.70. The summed E-state index contributed by atoms with van der Waals surface area (Å²) in [6.45, 7) is 0. The summed E-state index contributed by atoms with van der Waals surface area (Å²) >= 11 is 7.40. The van der Waals surface area contributed by atoms with Gasteiger partial charge in [-0.15, -0.1) is 11.3 Å². The number of rotatable bonds is 3. The van der Waals surface area contributed by atoms with E-state index in [0.717, 1.165) is 17.4 Å². The van der Waals surface area contributed by atoms with Crippen LogP contribution in [0.25, 0.3) is 0 Å². The summed E-state index contributed by atoms with van der Waals surface area (Å²) in [6, 6.07) is 2.86. The maximum atomic E-state index is 13.7. The quantitative estimate of drug-likeness (QED) is 0.553. The smallest absolute Gasteiger partial charge is 0.296 e. The van der Waals surface area contributed by atoms with Gasteiger partial charge in [-0.25, -0.2) is 8.78 Å². The van der Waals surface area contributed by atoms with Gasteiger partial charge in [0.1, 0.15) is 0 Å². The fourth-order valence-electron chi connectivity index (χ4n) is 1.45. The summed E-state index contributed by atoms with van der Waals surface area (Å²) in [5, 5.41) is 12.8. The highest BCUT2D eigenvalue weighted by Crippen LogP contribution is 2.34. The van der Waals surface area contributed by atoms with Crippen molar-refractivity contribution in [3.8, 4) is 0 Å². The van der Waals surface area contributed by atoms with Gasteiger partial charge in [0.25, 0.3) is 11.6 Å². The number of nitro benzene ring substituents is 1. The van der Waals surface area contributed by atoms with E-state index in [1.807, 2.05) is 5.32 Å². The topological polar surface area (TPSA) is 72.2 Å². The van der Waals surface area contributed by atoms with Gasteiger partial charge < -0.3 is 5.32 Å². The largest absolute Gasteiger partial charge is 0.313 e. The lowest BCUT2D eigenvalue weighted by molar-refractivity contribution is -0.384. The van der Waals surface area contributed by atoms with Gasteiger partial charge in [0.05, 0.1) is 13.6 Å². The first-order chi connectivity index (χ1) is 9.81. The van der Waals surface area contributed by atoms with E-state index in [1.165, 1.54) is 6.07 Å². The number of amides is 1. The number of benzene rings is 1. The zero-order chi connectivity index (χ0) is 15.7. The van der Waals surface area contributed by atoms with Crippen LogP contribution in [0.3, 0.4) is 0 Å². The second kappa shape index (κ2) is 6.16. The Morgan fingerprint density at radius 3 is 2.52 bits per heavy atom. The zero-order valence-corrected chi connectivity index (χ0v) is 13.8. The number of hydrogen-bond donors (Lipinski definition) is 1. The number of nitrogens with one attached hydrogen (secondary N) is 1. The molecule has 0 saturated heterocycles. The minimum atomic E-state index is -1.48. The first-order valence-corrected chi connectivity index (χ1v) is 7.60. The van der Waals surface area contributed by atoms with E-state index in [2.05, 4.69) is 31.9 Å². The van der Waals surface area contributed by atoms with E-state index in [9.17, 15) is 23.7 Å². The number of carbonyl (C=O) groups excluding carboxylic acids is 1. The number of thiophene rings is 1. The first kappa shape index (κ1) is 16.0. The van der Waals surface area contributed by atoms with Gasteiger partial charge in [0.2, 0.25) is 0 Å². The van der Waals surface area contributed by atoms with Gasteiger partial charge in [-0.1, -0.05) is 0 Å². The van der Waals surface area contributed by atoms with Crippen molar-refractivity contribution in [3.05, 3.63) is 53.1 Å². The monoisotopic (exact) mass is 440 g/mol. The van der Waals surface area contributed by atoms with Crippen molar-refractivity contribution in [2.24, 2.45) is 0 Å². The summed E-state index contributed by atoms with van der Waals surface area (Å²) in [5.41, 5.74) is -1.53. The molecule has 0 aliphatic heterocycles. The Morgan fingerprint density at radius 1 is 1.33 bits per heavy atom. The van der Waals surface area contributed by atoms with E-state index in [1.54, 1.807) is 0 Å². The third-order valence-corrected chi connectivity index (χ3v) is 5.63. The lowest BCUT2D eigenvalue weighted by Gasteiger charge is -2.06. The molecular weight excluding hydrogens is 438 g/mol. The van der Waals surface area contributed by atoms with E-state index in [4.69, 9.17) is 0 Å². The van der Waals surface area contributed by atoms with Crippen LogP contribution >= 0.6 is 43.2 Å². The van der Waals surface area contributed by atoms with Crippen molar-refractivity contribution < 1.29 is 18.5 Å². The molecule has 21 heavy (non-hydrogen) atoms. The molecule has 0 radical (unpaired) electrons. The van der Waals surface area contributed by atoms with E-state index < -0.39 is 33.8 Å². The second-order valence-corrected chi connectivity index (χ2v) is 6.92. The highest BCUT2D eigenvalue weighted by molar-refractivity contribution is 9.13. The van der Waals surface area contributed by atoms with Crippen LogP contribution in [0.4, 0.5) is 20.2 Å². The molecule has 0 saturated carbocycles. The Labute approximate surface area is 137 Å². The lowest BCUT2D eigenvalue weighted by atomic mass is 10.2.